The van der Waals surface area contributed by atoms with Gasteiger partial charge in [-0.15, -0.1) is 16.6 Å². The average molecular weight is 1090 g/mol. The molecule has 0 bridgehead atoms. The van der Waals surface area contributed by atoms with E-state index in [4.69, 9.17) is 46.3 Å². The van der Waals surface area contributed by atoms with Crippen LogP contribution in [-0.4, -0.2) is 48.4 Å². The molecule has 0 radical (unpaired) electrons. The van der Waals surface area contributed by atoms with E-state index in [9.17, 15) is 0 Å². The van der Waals surface area contributed by atoms with Crippen LogP contribution in [0.5, 0.6) is 0 Å². The number of para-hydroxylation sites is 1. The molecule has 8 rings (SSSR count). The van der Waals surface area contributed by atoms with E-state index in [0.29, 0.717) is 0 Å². The van der Waals surface area contributed by atoms with Crippen LogP contribution in [0.25, 0.3) is 49.9 Å². The maximum atomic E-state index is 8.12. The van der Waals surface area contributed by atoms with Gasteiger partial charge in [0.25, 0.3) is 0 Å². The van der Waals surface area contributed by atoms with Crippen molar-refractivity contribution in [2.45, 2.75) is 66.7 Å². The van der Waals surface area contributed by atoms with Gasteiger partial charge in [0.15, 0.2) is 0 Å². The van der Waals surface area contributed by atoms with Crippen LogP contribution in [0.15, 0.2) is 164 Å². The van der Waals surface area contributed by atoms with Crippen molar-refractivity contribution in [1.29, 1.82) is 0 Å². The van der Waals surface area contributed by atoms with Gasteiger partial charge in [-0.1, -0.05) is 154 Å². The summed E-state index contributed by atoms with van der Waals surface area (Å²) >= 11 is 2.33. The number of carbonyl (C=O) groups excluding carboxylic acids is 6. The van der Waals surface area contributed by atoms with Crippen LogP contribution in [0, 0.1) is 15.9 Å². The second-order valence-electron chi connectivity index (χ2n) is 14.1. The predicted octanol–water partition coefficient (Wildman–Crippen LogP) is 8.76. The van der Waals surface area contributed by atoms with Crippen molar-refractivity contribution in [3.05, 3.63) is 217 Å². The van der Waals surface area contributed by atoms with Gasteiger partial charge in [-0.3, -0.25) is 4.91 Å². The van der Waals surface area contributed by atoms with E-state index in [-0.39, 0.29) is 48.0 Å². The molecule has 8 aromatic rings. The van der Waals surface area contributed by atoms with Crippen LogP contribution in [0.4, 0.5) is 0 Å². The molecule has 0 aliphatic rings. The third-order valence-electron chi connectivity index (χ3n) is 9.73. The summed E-state index contributed by atoms with van der Waals surface area (Å²) in [5.41, 5.74) is 27.2. The zero-order valence-corrected chi connectivity index (χ0v) is 45.2. The molecule has 0 amide bonds. The number of terminal acetylenes is 1. The van der Waals surface area contributed by atoms with Gasteiger partial charge in [0.1, 0.15) is 11.4 Å². The minimum absolute atomic E-state index is 0. The summed E-state index contributed by atoms with van der Waals surface area (Å²) in [6, 6.07) is 52.0. The molecular formula is C55H53IN9NaO6. The van der Waals surface area contributed by atoms with Crippen molar-refractivity contribution in [3.63, 3.8) is 0 Å². The first kappa shape index (κ1) is 64.3. The molecule has 6 aromatic carbocycles. The SMILES string of the molecule is C#Cc1ccc(CC)cc1.CCc1ccc(-c2cn(-c3cccc(CC)c3)nn2)cc1.CCc1ccc(-c2cn(-c3ccccc3)nn2)cc1.CCc1cccc(I)c1.O=C=O.O=C=O.O=C=O.[N-]=[N+]=[N-].[Na+]. The zero-order valence-electron chi connectivity index (χ0n) is 41.1. The Morgan fingerprint density at radius 3 is 1.19 bits per heavy atom. The summed E-state index contributed by atoms with van der Waals surface area (Å²) in [5.74, 6) is 2.58. The van der Waals surface area contributed by atoms with Crippen LogP contribution in [0.2, 0.25) is 0 Å². The van der Waals surface area contributed by atoms with E-state index in [1.807, 2.05) is 59.5 Å². The van der Waals surface area contributed by atoms with Gasteiger partial charge in [-0.05, 0) is 131 Å². The first-order valence-electron chi connectivity index (χ1n) is 22.0. The molecule has 0 atom stereocenters. The quantitative estimate of drug-likeness (QED) is 0.0334. The minimum atomic E-state index is 0. The van der Waals surface area contributed by atoms with E-state index < -0.39 is 0 Å². The van der Waals surface area contributed by atoms with E-state index in [2.05, 4.69) is 193 Å². The average Bonchev–Trinajstić information content (AvgIpc) is 4.13. The van der Waals surface area contributed by atoms with Gasteiger partial charge < -0.3 is 11.1 Å². The maximum absolute atomic E-state index is 8.12. The van der Waals surface area contributed by atoms with Gasteiger partial charge in [-0.25, -0.2) is 9.36 Å². The second-order valence-corrected chi connectivity index (χ2v) is 15.3. The Morgan fingerprint density at radius 1 is 0.486 bits per heavy atom. The molecule has 2 heterocycles. The van der Waals surface area contributed by atoms with Crippen molar-refractivity contribution in [3.8, 4) is 46.2 Å². The molecule has 0 unspecified atom stereocenters. The van der Waals surface area contributed by atoms with E-state index in [1.54, 1.807) is 4.68 Å². The molecular weight excluding hydrogens is 1030 g/mol. The molecule has 0 N–H and O–H groups in total. The second kappa shape index (κ2) is 40.1. The molecule has 0 aliphatic heterocycles. The Balaban J connectivity index is 0.000000900. The fourth-order valence-electron chi connectivity index (χ4n) is 5.96. The number of aryl methyl sites for hydroxylation is 5. The molecule has 72 heavy (non-hydrogen) atoms. The summed E-state index contributed by atoms with van der Waals surface area (Å²) < 4.78 is 4.96. The maximum Gasteiger partial charge on any atom is 1.00 e. The molecule has 15 nitrogen and oxygen atoms in total. The van der Waals surface area contributed by atoms with Crippen LogP contribution in [0.1, 0.15) is 68.0 Å². The Bertz CT molecular complexity index is 2870. The molecule has 362 valence electrons. The summed E-state index contributed by atoms with van der Waals surface area (Å²) in [6.45, 7) is 10.8. The monoisotopic (exact) mass is 1090 g/mol. The van der Waals surface area contributed by atoms with Gasteiger partial charge in [0.2, 0.25) is 0 Å². The third kappa shape index (κ3) is 25.3. The van der Waals surface area contributed by atoms with Crippen molar-refractivity contribution in [1.82, 2.24) is 30.0 Å². The first-order valence-corrected chi connectivity index (χ1v) is 23.0. The van der Waals surface area contributed by atoms with Gasteiger partial charge in [0.05, 0.1) is 23.8 Å². The molecule has 0 spiro atoms. The molecule has 17 heteroatoms. The van der Waals surface area contributed by atoms with Gasteiger partial charge >= 0.3 is 48.0 Å². The normalized spacial score (nSPS) is 8.79. The number of nitrogens with zero attached hydrogens (tertiary/aromatic N) is 9. The molecule has 0 aliphatic carbocycles. The Kier molecular flexibility index (Phi) is 35.8. The van der Waals surface area contributed by atoms with Crippen LogP contribution >= 0.6 is 22.6 Å². The van der Waals surface area contributed by atoms with Crippen molar-refractivity contribution < 1.29 is 58.3 Å². The number of rotatable bonds is 9. The van der Waals surface area contributed by atoms with Crippen LogP contribution in [-0.2, 0) is 60.9 Å². The van der Waals surface area contributed by atoms with Crippen molar-refractivity contribution in [2.75, 3.05) is 0 Å². The Hall–Kier alpha value is -7.66. The van der Waals surface area contributed by atoms with E-state index >= 15 is 0 Å². The number of hydrogen-bond donors (Lipinski definition) is 0. The molecule has 0 fully saturated rings. The van der Waals surface area contributed by atoms with E-state index in [1.165, 1.54) is 36.3 Å². The van der Waals surface area contributed by atoms with Crippen LogP contribution in [0.3, 0.4) is 0 Å². The van der Waals surface area contributed by atoms with Crippen molar-refractivity contribution >= 4 is 41.0 Å². The van der Waals surface area contributed by atoms with Gasteiger partial charge in [0, 0.05) is 20.3 Å². The molecule has 2 aromatic heterocycles. The van der Waals surface area contributed by atoms with Gasteiger partial charge in [-0.2, -0.15) is 28.8 Å². The summed E-state index contributed by atoms with van der Waals surface area (Å²) in [4.78, 5) is 50.2. The summed E-state index contributed by atoms with van der Waals surface area (Å²) in [5, 5.41) is 16.9. The predicted molar refractivity (Wildman–Crippen MR) is 279 cm³/mol. The molecule has 0 saturated carbocycles. The number of halogens is 1. The minimum Gasteiger partial charge on any atom is -0.373 e. The number of aromatic nitrogens is 6. The van der Waals surface area contributed by atoms with Crippen LogP contribution < -0.4 is 29.6 Å². The smallest absolute Gasteiger partial charge is 0.373 e. The summed E-state index contributed by atoms with van der Waals surface area (Å²) in [6.07, 6.45) is 15.2. The van der Waals surface area contributed by atoms with E-state index in [0.717, 1.165) is 71.6 Å². The fourth-order valence-corrected chi connectivity index (χ4v) is 6.57. The number of hydrogen-bond acceptors (Lipinski definition) is 10. The van der Waals surface area contributed by atoms with Crippen molar-refractivity contribution in [2.24, 2.45) is 0 Å². The zero-order chi connectivity index (χ0) is 52.7. The third-order valence-corrected chi connectivity index (χ3v) is 10.4. The first-order chi connectivity index (χ1) is 34.5. The summed E-state index contributed by atoms with van der Waals surface area (Å²) in [7, 11) is 0. The Labute approximate surface area is 456 Å². The number of benzene rings is 6. The largest absolute Gasteiger partial charge is 1.00 e. The molecule has 0 saturated heterocycles. The Morgan fingerprint density at radius 2 is 0.833 bits per heavy atom. The fraction of sp³-hybridized carbons (Fsp3) is 0.182. The topological polar surface area (TPSA) is 223 Å². The standard InChI is InChI=1S/C18H19N3.C16H15N3.C10H10.C8H9I.3CO2.N3.Na/c1-3-14-8-10-16(11-9-14)18-13-21(20-19-18)17-7-5-6-15(4-2)12-17;1-2-13-8-10-14(11-9-13)16-12-19(18-17-16)15-6-4-3-5-7-15;1-3-9-5-7-10(4-2)8-6-9;1-2-7-4-3-5-8(9)6-7;3*2-1-3;1-3-2;/h5-13H,3-4H2,1-2H3;3-12H,2H2,1H3;1,5-8H,4H2,2H3;3-6H,2H2,1H3;;;;;/q;;;;;;;-1;+1.